The highest BCUT2D eigenvalue weighted by atomic mass is 32.2. The molecular formula is C42H48NO2PS. The molecule has 4 fully saturated rings. The van der Waals surface area contributed by atoms with Crippen LogP contribution >= 0.6 is 7.92 Å². The van der Waals surface area contributed by atoms with Gasteiger partial charge in [-0.05, 0) is 101 Å². The average Bonchev–Trinajstić information content (AvgIpc) is 3.04. The molecule has 4 bridgehead atoms. The summed E-state index contributed by atoms with van der Waals surface area (Å²) in [5, 5.41) is 3.88. The maximum atomic E-state index is 14.1. The zero-order valence-corrected chi connectivity index (χ0v) is 30.2. The maximum absolute atomic E-state index is 14.1. The van der Waals surface area contributed by atoms with Gasteiger partial charge < -0.3 is 4.74 Å². The number of nitrogens with one attached hydrogen (secondary N) is 1. The van der Waals surface area contributed by atoms with E-state index in [1.54, 1.807) is 0 Å². The average molecular weight is 662 g/mol. The Morgan fingerprint density at radius 1 is 0.723 bits per heavy atom. The number of hydrogen-bond acceptors (Lipinski definition) is 2. The molecule has 4 saturated carbocycles. The van der Waals surface area contributed by atoms with Crippen molar-refractivity contribution in [3.05, 3.63) is 114 Å². The Morgan fingerprint density at radius 2 is 1.23 bits per heavy atom. The lowest BCUT2D eigenvalue weighted by Crippen LogP contribution is -2.53. The highest BCUT2D eigenvalue weighted by Gasteiger charge is 2.56. The predicted molar refractivity (Wildman–Crippen MR) is 198 cm³/mol. The Labute approximate surface area is 285 Å². The van der Waals surface area contributed by atoms with E-state index < -0.39 is 18.9 Å². The van der Waals surface area contributed by atoms with Crippen LogP contribution in [0.2, 0.25) is 0 Å². The minimum Gasteiger partial charge on any atom is -0.456 e. The van der Waals surface area contributed by atoms with Gasteiger partial charge in [0.2, 0.25) is 0 Å². The number of fused-ring (bicyclic) bond motifs is 2. The molecule has 0 saturated heterocycles. The monoisotopic (exact) mass is 661 g/mol. The van der Waals surface area contributed by atoms with Crippen LogP contribution in [0.15, 0.2) is 97.1 Å². The summed E-state index contributed by atoms with van der Waals surface area (Å²) in [5.74, 6) is 4.35. The summed E-state index contributed by atoms with van der Waals surface area (Å²) in [6.45, 7) is 11.0. The van der Waals surface area contributed by atoms with Crippen LogP contribution in [0.25, 0.3) is 0 Å². The van der Waals surface area contributed by atoms with Gasteiger partial charge in [-0.3, -0.25) is 0 Å². The molecule has 0 amide bonds. The van der Waals surface area contributed by atoms with Crippen LogP contribution in [0.3, 0.4) is 0 Å². The first-order chi connectivity index (χ1) is 22.5. The van der Waals surface area contributed by atoms with Crippen molar-refractivity contribution in [1.29, 1.82) is 0 Å². The van der Waals surface area contributed by atoms with Crippen molar-refractivity contribution in [2.24, 2.45) is 23.2 Å². The van der Waals surface area contributed by atoms with Gasteiger partial charge >= 0.3 is 0 Å². The first-order valence-electron chi connectivity index (χ1n) is 17.6. The minimum absolute atomic E-state index is 0.0276. The quantitative estimate of drug-likeness (QED) is 0.201. The number of hydrogen-bond donors (Lipinski definition) is 1. The highest BCUT2D eigenvalue weighted by molar-refractivity contribution is 7.84. The van der Waals surface area contributed by atoms with E-state index in [4.69, 9.17) is 4.74 Å². The van der Waals surface area contributed by atoms with Gasteiger partial charge in [0.15, 0.2) is 0 Å². The molecule has 3 nitrogen and oxygen atoms in total. The van der Waals surface area contributed by atoms with Crippen LogP contribution in [0, 0.1) is 23.2 Å². The van der Waals surface area contributed by atoms with Gasteiger partial charge in [-0.15, -0.1) is 0 Å². The lowest BCUT2D eigenvalue weighted by Gasteiger charge is -2.59. The molecule has 0 aromatic heterocycles. The molecule has 47 heavy (non-hydrogen) atoms. The number of para-hydroxylation sites is 2. The van der Waals surface area contributed by atoms with Crippen molar-refractivity contribution in [2.45, 2.75) is 89.3 Å². The zero-order chi connectivity index (χ0) is 32.6. The lowest BCUT2D eigenvalue weighted by atomic mass is 9.47. The van der Waals surface area contributed by atoms with Crippen LogP contribution in [0.5, 0.6) is 11.5 Å². The minimum atomic E-state index is -1.21. The molecule has 2 atom stereocenters. The molecule has 4 aromatic rings. The summed E-state index contributed by atoms with van der Waals surface area (Å²) in [4.78, 5) is 0. The van der Waals surface area contributed by atoms with Crippen LogP contribution in [-0.4, -0.2) is 8.96 Å². The highest BCUT2D eigenvalue weighted by Crippen LogP contribution is 2.65. The molecule has 4 aromatic carbocycles. The first kappa shape index (κ1) is 31.5. The first-order valence-corrected chi connectivity index (χ1v) is 20.1. The fourth-order valence-corrected chi connectivity index (χ4v) is 13.2. The number of ether oxygens (including phenoxy) is 1. The molecule has 5 aliphatic rings. The van der Waals surface area contributed by atoms with Crippen LogP contribution in [0.4, 0.5) is 0 Å². The lowest BCUT2D eigenvalue weighted by molar-refractivity contribution is -0.0709. The third-order valence-corrected chi connectivity index (χ3v) is 15.7. The zero-order valence-electron chi connectivity index (χ0n) is 28.5. The van der Waals surface area contributed by atoms with Crippen molar-refractivity contribution < 1.29 is 8.95 Å². The van der Waals surface area contributed by atoms with E-state index in [1.165, 1.54) is 71.1 Å². The van der Waals surface area contributed by atoms with Crippen molar-refractivity contribution in [3.8, 4) is 11.5 Å². The van der Waals surface area contributed by atoms with Gasteiger partial charge in [0.05, 0.1) is 21.8 Å². The molecule has 1 heterocycles. The summed E-state index contributed by atoms with van der Waals surface area (Å²) in [6, 6.07) is 35.4. The van der Waals surface area contributed by atoms with E-state index in [9.17, 15) is 4.21 Å². The normalized spacial score (nSPS) is 26.7. The Bertz CT molecular complexity index is 1740. The Morgan fingerprint density at radius 3 is 1.77 bits per heavy atom. The molecule has 0 radical (unpaired) electrons. The van der Waals surface area contributed by atoms with Gasteiger partial charge in [-0.2, -0.15) is 0 Å². The van der Waals surface area contributed by atoms with Gasteiger partial charge in [-0.25, -0.2) is 8.93 Å². The van der Waals surface area contributed by atoms with E-state index in [1.807, 2.05) is 0 Å². The molecular weight excluding hydrogens is 614 g/mol. The molecule has 1 N–H and O–H groups in total. The van der Waals surface area contributed by atoms with E-state index in [-0.39, 0.29) is 21.6 Å². The third kappa shape index (κ3) is 5.44. The summed E-state index contributed by atoms with van der Waals surface area (Å²) >= 11 is 0. The number of rotatable bonds is 7. The van der Waals surface area contributed by atoms with Crippen molar-refractivity contribution in [3.63, 3.8) is 0 Å². The maximum Gasteiger partial charge on any atom is 0.139 e. The molecule has 0 spiro atoms. The summed E-state index contributed by atoms with van der Waals surface area (Å²) < 4.78 is 24.9. The SMILES string of the molecule is CC1(C)c2cccc([C@H](N[S@@](=O)C(C)(C)C)C34CC5CC(CC(C5)C3)C4)c2Oc2c(P(c3ccccc3)c3ccccc3)cccc21. The van der Waals surface area contributed by atoms with Gasteiger partial charge in [0.1, 0.15) is 11.5 Å². The third-order valence-electron chi connectivity index (χ3n) is 11.7. The van der Waals surface area contributed by atoms with Crippen molar-refractivity contribution >= 4 is 34.8 Å². The number of benzene rings is 4. The van der Waals surface area contributed by atoms with E-state index >= 15 is 0 Å². The summed E-state index contributed by atoms with van der Waals surface area (Å²) in [7, 11) is -2.07. The second-order valence-corrected chi connectivity index (χ2v) is 20.5. The molecule has 5 heteroatoms. The van der Waals surface area contributed by atoms with Gasteiger partial charge in [0, 0.05) is 27.4 Å². The second kappa shape index (κ2) is 11.7. The van der Waals surface area contributed by atoms with E-state index in [0.717, 1.165) is 29.3 Å². The van der Waals surface area contributed by atoms with Crippen molar-refractivity contribution in [1.82, 2.24) is 4.72 Å². The predicted octanol–water partition coefficient (Wildman–Crippen LogP) is 9.19. The fraction of sp³-hybridized carbons (Fsp3) is 0.429. The van der Waals surface area contributed by atoms with Gasteiger partial charge in [-0.1, -0.05) is 111 Å². The van der Waals surface area contributed by atoms with Crippen LogP contribution in [0.1, 0.15) is 95.9 Å². The fourth-order valence-electron chi connectivity index (χ4n) is 9.85. The van der Waals surface area contributed by atoms with E-state index in [2.05, 4.69) is 136 Å². The molecule has 9 rings (SSSR count). The second-order valence-electron chi connectivity index (χ2n) is 16.3. The topological polar surface area (TPSA) is 38.3 Å². The Kier molecular flexibility index (Phi) is 7.82. The smallest absolute Gasteiger partial charge is 0.139 e. The van der Waals surface area contributed by atoms with Crippen LogP contribution < -0.4 is 25.4 Å². The Balaban J connectivity index is 1.30. The standard InChI is InChI=1S/C42H48NO2PS/c1-40(2,3)47(44)43-39(42-25-28-22-29(26-42)24-30(23-28)27-42)33-18-12-19-34-37(33)45-38-35(41(34,4)5)20-13-21-36(38)46(31-14-8-6-9-15-31)32-16-10-7-11-17-32/h6-21,28-30,39,43H,22-27H2,1-5H3/t28?,29?,30?,39-,42?,47-/m0/s1. The summed E-state index contributed by atoms with van der Waals surface area (Å²) in [5.41, 5.74) is 3.48. The van der Waals surface area contributed by atoms with E-state index in [0.29, 0.717) is 0 Å². The summed E-state index contributed by atoms with van der Waals surface area (Å²) in [6.07, 6.45) is 7.80. The van der Waals surface area contributed by atoms with Crippen LogP contribution in [-0.2, 0) is 16.4 Å². The largest absolute Gasteiger partial charge is 0.456 e. The molecule has 1 aliphatic heterocycles. The Hall–Kier alpha value is -2.78. The van der Waals surface area contributed by atoms with Gasteiger partial charge in [0.25, 0.3) is 0 Å². The molecule has 4 aliphatic carbocycles. The molecule has 0 unspecified atom stereocenters. The van der Waals surface area contributed by atoms with Crippen molar-refractivity contribution in [2.75, 3.05) is 0 Å². The molecule has 244 valence electrons.